The van der Waals surface area contributed by atoms with Crippen LogP contribution in [-0.4, -0.2) is 41.9 Å². The fraction of sp³-hybridized carbons (Fsp3) is 0.667. The monoisotopic (exact) mass is 385 g/mol. The van der Waals surface area contributed by atoms with Crippen LogP contribution in [0.15, 0.2) is 11.4 Å². The summed E-state index contributed by atoms with van der Waals surface area (Å²) in [5.41, 5.74) is 1.26. The van der Waals surface area contributed by atoms with Gasteiger partial charge in [-0.05, 0) is 49.2 Å². The number of hydrogen-bond donors (Lipinski definition) is 2. The molecular formula is C18H28ClN3O2S. The molecule has 1 saturated heterocycles. The number of carbonyl (C=O) groups excluding carboxylic acids is 2. The summed E-state index contributed by atoms with van der Waals surface area (Å²) in [7, 11) is 0. The summed E-state index contributed by atoms with van der Waals surface area (Å²) < 4.78 is 0. The van der Waals surface area contributed by atoms with E-state index in [-0.39, 0.29) is 36.3 Å². The third-order valence-electron chi connectivity index (χ3n) is 4.92. The molecule has 1 fully saturated rings. The van der Waals surface area contributed by atoms with Crippen molar-refractivity contribution in [2.75, 3.05) is 13.1 Å². The molecule has 7 heteroatoms. The van der Waals surface area contributed by atoms with Crippen LogP contribution in [0.1, 0.15) is 49.5 Å². The minimum absolute atomic E-state index is 0. The zero-order valence-corrected chi connectivity index (χ0v) is 16.4. The number of nitrogens with zero attached hydrogens (tertiary/aromatic N) is 1. The Morgan fingerprint density at radius 1 is 1.48 bits per heavy atom. The SMILES string of the molecule is CCCC(NC(=O)CC1CCCN1)C(=O)N1CCc2sccc2C1.Cl. The fourth-order valence-electron chi connectivity index (χ4n) is 3.61. The highest BCUT2D eigenvalue weighted by atomic mass is 35.5. The van der Waals surface area contributed by atoms with Gasteiger partial charge in [-0.25, -0.2) is 0 Å². The normalized spacial score (nSPS) is 20.5. The van der Waals surface area contributed by atoms with Crippen molar-refractivity contribution >= 4 is 35.6 Å². The van der Waals surface area contributed by atoms with E-state index in [1.54, 1.807) is 11.3 Å². The number of nitrogens with one attached hydrogen (secondary N) is 2. The van der Waals surface area contributed by atoms with Crippen LogP contribution < -0.4 is 10.6 Å². The molecule has 2 aliphatic heterocycles. The first-order chi connectivity index (χ1) is 11.7. The number of hydrogen-bond acceptors (Lipinski definition) is 4. The molecule has 2 atom stereocenters. The minimum Gasteiger partial charge on any atom is -0.344 e. The lowest BCUT2D eigenvalue weighted by Crippen LogP contribution is -2.50. The predicted octanol–water partition coefficient (Wildman–Crippen LogP) is 2.48. The fourth-order valence-corrected chi connectivity index (χ4v) is 4.50. The molecule has 5 nitrogen and oxygen atoms in total. The standard InChI is InChI=1S/C18H27N3O2S.ClH/c1-2-4-15(20-17(22)11-14-5-3-8-19-14)18(23)21-9-6-16-13(12-21)7-10-24-16;/h7,10,14-15,19H,2-6,8-9,11-12H2,1H3,(H,20,22);1H. The van der Waals surface area contributed by atoms with Gasteiger partial charge >= 0.3 is 0 Å². The quantitative estimate of drug-likeness (QED) is 0.790. The molecule has 3 rings (SSSR count). The Morgan fingerprint density at radius 2 is 2.32 bits per heavy atom. The maximum atomic E-state index is 12.9. The van der Waals surface area contributed by atoms with Crippen molar-refractivity contribution in [1.29, 1.82) is 0 Å². The second kappa shape index (κ2) is 9.55. The van der Waals surface area contributed by atoms with Crippen LogP contribution in [0.3, 0.4) is 0 Å². The minimum atomic E-state index is -0.385. The van der Waals surface area contributed by atoms with Crippen molar-refractivity contribution in [2.24, 2.45) is 0 Å². The van der Waals surface area contributed by atoms with Gasteiger partial charge in [0, 0.05) is 30.4 Å². The molecule has 1 aromatic heterocycles. The van der Waals surface area contributed by atoms with E-state index in [1.807, 2.05) is 4.90 Å². The van der Waals surface area contributed by atoms with Gasteiger partial charge < -0.3 is 15.5 Å². The molecule has 3 heterocycles. The molecule has 0 aliphatic carbocycles. The number of halogens is 1. The molecular weight excluding hydrogens is 358 g/mol. The van der Waals surface area contributed by atoms with Crippen LogP contribution >= 0.6 is 23.7 Å². The predicted molar refractivity (Wildman–Crippen MR) is 103 cm³/mol. The van der Waals surface area contributed by atoms with Gasteiger partial charge in [0.2, 0.25) is 11.8 Å². The maximum Gasteiger partial charge on any atom is 0.245 e. The Morgan fingerprint density at radius 3 is 3.04 bits per heavy atom. The zero-order chi connectivity index (χ0) is 16.9. The maximum absolute atomic E-state index is 12.9. The number of thiophene rings is 1. The van der Waals surface area contributed by atoms with Crippen LogP contribution in [-0.2, 0) is 22.6 Å². The highest BCUT2D eigenvalue weighted by Crippen LogP contribution is 2.24. The average Bonchev–Trinajstić information content (AvgIpc) is 3.24. The van der Waals surface area contributed by atoms with E-state index in [1.165, 1.54) is 10.4 Å². The van der Waals surface area contributed by atoms with E-state index in [4.69, 9.17) is 0 Å². The Hall–Kier alpha value is -1.11. The Balaban J connectivity index is 0.00000225. The van der Waals surface area contributed by atoms with Gasteiger partial charge in [-0.15, -0.1) is 23.7 Å². The summed E-state index contributed by atoms with van der Waals surface area (Å²) in [6.45, 7) is 4.48. The van der Waals surface area contributed by atoms with Gasteiger partial charge in [-0.2, -0.15) is 0 Å². The molecule has 0 spiro atoms. The number of amides is 2. The molecule has 25 heavy (non-hydrogen) atoms. The lowest BCUT2D eigenvalue weighted by atomic mass is 10.1. The second-order valence-electron chi connectivity index (χ2n) is 6.78. The average molecular weight is 386 g/mol. The Kier molecular flexibility index (Phi) is 7.72. The molecule has 0 aromatic carbocycles. The summed E-state index contributed by atoms with van der Waals surface area (Å²) in [6.07, 6.45) is 5.17. The molecule has 2 unspecified atom stereocenters. The van der Waals surface area contributed by atoms with Crippen molar-refractivity contribution in [2.45, 2.75) is 64.1 Å². The third kappa shape index (κ3) is 5.19. The van der Waals surface area contributed by atoms with Crippen molar-refractivity contribution in [1.82, 2.24) is 15.5 Å². The molecule has 0 radical (unpaired) electrons. The van der Waals surface area contributed by atoms with Crippen molar-refractivity contribution in [3.05, 3.63) is 21.9 Å². The third-order valence-corrected chi connectivity index (χ3v) is 5.95. The van der Waals surface area contributed by atoms with Crippen LogP contribution in [0.4, 0.5) is 0 Å². The van der Waals surface area contributed by atoms with E-state index >= 15 is 0 Å². The zero-order valence-electron chi connectivity index (χ0n) is 14.8. The molecule has 0 saturated carbocycles. The molecule has 2 amide bonds. The van der Waals surface area contributed by atoms with E-state index < -0.39 is 0 Å². The Labute approximate surface area is 160 Å². The first kappa shape index (κ1) is 20.2. The van der Waals surface area contributed by atoms with Crippen LogP contribution in [0, 0.1) is 0 Å². The first-order valence-electron chi connectivity index (χ1n) is 9.04. The Bertz CT molecular complexity index is 587. The number of fused-ring (bicyclic) bond motifs is 1. The summed E-state index contributed by atoms with van der Waals surface area (Å²) in [4.78, 5) is 28.5. The lowest BCUT2D eigenvalue weighted by molar-refractivity contribution is -0.137. The van der Waals surface area contributed by atoms with E-state index in [9.17, 15) is 9.59 Å². The van der Waals surface area contributed by atoms with Crippen molar-refractivity contribution in [3.8, 4) is 0 Å². The number of carbonyl (C=O) groups is 2. The number of rotatable bonds is 6. The smallest absolute Gasteiger partial charge is 0.245 e. The molecule has 0 bridgehead atoms. The van der Waals surface area contributed by atoms with Gasteiger partial charge in [-0.3, -0.25) is 9.59 Å². The van der Waals surface area contributed by atoms with Gasteiger partial charge in [0.15, 0.2) is 0 Å². The lowest BCUT2D eigenvalue weighted by Gasteiger charge is -2.31. The summed E-state index contributed by atoms with van der Waals surface area (Å²) in [5, 5.41) is 8.43. The summed E-state index contributed by atoms with van der Waals surface area (Å²) in [6, 6.07) is 1.99. The van der Waals surface area contributed by atoms with Crippen LogP contribution in [0.2, 0.25) is 0 Å². The summed E-state index contributed by atoms with van der Waals surface area (Å²) in [5.74, 6) is 0.0656. The largest absolute Gasteiger partial charge is 0.344 e. The van der Waals surface area contributed by atoms with Gasteiger partial charge in [0.1, 0.15) is 6.04 Å². The van der Waals surface area contributed by atoms with E-state index in [0.717, 1.165) is 38.8 Å². The van der Waals surface area contributed by atoms with Crippen molar-refractivity contribution < 1.29 is 9.59 Å². The van der Waals surface area contributed by atoms with Gasteiger partial charge in [-0.1, -0.05) is 13.3 Å². The van der Waals surface area contributed by atoms with Crippen LogP contribution in [0.5, 0.6) is 0 Å². The van der Waals surface area contributed by atoms with Gasteiger partial charge in [0.05, 0.1) is 0 Å². The topological polar surface area (TPSA) is 61.4 Å². The highest BCUT2D eigenvalue weighted by Gasteiger charge is 2.29. The van der Waals surface area contributed by atoms with E-state index in [0.29, 0.717) is 19.4 Å². The first-order valence-corrected chi connectivity index (χ1v) is 9.92. The van der Waals surface area contributed by atoms with Crippen LogP contribution in [0.25, 0.3) is 0 Å². The molecule has 2 aliphatic rings. The van der Waals surface area contributed by atoms with Crippen molar-refractivity contribution in [3.63, 3.8) is 0 Å². The summed E-state index contributed by atoms with van der Waals surface area (Å²) >= 11 is 1.77. The van der Waals surface area contributed by atoms with Gasteiger partial charge in [0.25, 0.3) is 0 Å². The molecule has 140 valence electrons. The van der Waals surface area contributed by atoms with E-state index in [2.05, 4.69) is 29.0 Å². The molecule has 2 N–H and O–H groups in total. The highest BCUT2D eigenvalue weighted by molar-refractivity contribution is 7.10. The second-order valence-corrected chi connectivity index (χ2v) is 7.79. The molecule has 1 aromatic rings.